The third kappa shape index (κ3) is 8.99. The molecule has 1 aromatic heterocycles. The summed E-state index contributed by atoms with van der Waals surface area (Å²) < 4.78 is 5.84. The zero-order valence-electron chi connectivity index (χ0n) is 21.9. The van der Waals surface area contributed by atoms with Gasteiger partial charge in [-0.1, -0.05) is 55.5 Å². The smallest absolute Gasteiger partial charge is 0.328 e. The zero-order chi connectivity index (χ0) is 26.7. The first-order chi connectivity index (χ1) is 17.8. The minimum absolute atomic E-state index is 0.393. The normalized spacial score (nSPS) is 11.5. The van der Waals surface area contributed by atoms with Crippen molar-refractivity contribution >= 4 is 24.0 Å². The summed E-state index contributed by atoms with van der Waals surface area (Å²) in [5.74, 6) is -1.53. The SMILES string of the molecule is CCc1ccc(CCCCOCc2cccc(/C=C/c3cccc(C(=O)NC(C)(C)C(=O)O)c3)n2)cc1. The average Bonchev–Trinajstić information content (AvgIpc) is 2.90. The van der Waals surface area contributed by atoms with Crippen LogP contribution in [0.2, 0.25) is 0 Å². The molecule has 0 fully saturated rings. The summed E-state index contributed by atoms with van der Waals surface area (Å²) in [6.45, 7) is 6.23. The fourth-order valence-corrected chi connectivity index (χ4v) is 3.70. The molecule has 0 unspecified atom stereocenters. The van der Waals surface area contributed by atoms with E-state index in [0.717, 1.165) is 42.6 Å². The number of carbonyl (C=O) groups is 2. The number of hydrogen-bond donors (Lipinski definition) is 2. The molecule has 37 heavy (non-hydrogen) atoms. The summed E-state index contributed by atoms with van der Waals surface area (Å²) in [5, 5.41) is 11.8. The van der Waals surface area contributed by atoms with Gasteiger partial charge >= 0.3 is 5.97 Å². The van der Waals surface area contributed by atoms with Gasteiger partial charge in [0, 0.05) is 12.2 Å². The van der Waals surface area contributed by atoms with Gasteiger partial charge in [0.2, 0.25) is 0 Å². The second kappa shape index (κ2) is 13.5. The third-order valence-corrected chi connectivity index (χ3v) is 6.07. The number of ether oxygens (including phenoxy) is 1. The average molecular weight is 501 g/mol. The van der Waals surface area contributed by atoms with E-state index >= 15 is 0 Å². The van der Waals surface area contributed by atoms with Crippen LogP contribution >= 0.6 is 0 Å². The van der Waals surface area contributed by atoms with Crippen molar-refractivity contribution in [3.8, 4) is 0 Å². The Balaban J connectivity index is 1.47. The van der Waals surface area contributed by atoms with Gasteiger partial charge in [-0.05, 0) is 86.6 Å². The Morgan fingerprint density at radius 3 is 2.43 bits per heavy atom. The molecule has 3 aromatic rings. The maximum Gasteiger partial charge on any atom is 0.328 e. The van der Waals surface area contributed by atoms with Crippen LogP contribution in [0.25, 0.3) is 12.2 Å². The van der Waals surface area contributed by atoms with Crippen LogP contribution in [0.3, 0.4) is 0 Å². The van der Waals surface area contributed by atoms with Crippen molar-refractivity contribution < 1.29 is 19.4 Å². The zero-order valence-corrected chi connectivity index (χ0v) is 21.9. The van der Waals surface area contributed by atoms with Crippen molar-refractivity contribution in [3.05, 3.63) is 100 Å². The first kappa shape index (κ1) is 27.8. The molecule has 0 radical (unpaired) electrons. The van der Waals surface area contributed by atoms with E-state index in [-0.39, 0.29) is 0 Å². The maximum atomic E-state index is 12.5. The lowest BCUT2D eigenvalue weighted by Crippen LogP contribution is -2.49. The third-order valence-electron chi connectivity index (χ3n) is 6.07. The predicted octanol–water partition coefficient (Wildman–Crippen LogP) is 5.95. The Kier molecular flexibility index (Phi) is 10.2. The molecule has 0 atom stereocenters. The van der Waals surface area contributed by atoms with Crippen molar-refractivity contribution in [2.45, 2.75) is 58.6 Å². The van der Waals surface area contributed by atoms with E-state index in [1.165, 1.54) is 25.0 Å². The van der Waals surface area contributed by atoms with E-state index in [4.69, 9.17) is 4.74 Å². The van der Waals surface area contributed by atoms with Gasteiger partial charge in [-0.2, -0.15) is 0 Å². The summed E-state index contributed by atoms with van der Waals surface area (Å²) >= 11 is 0. The van der Waals surface area contributed by atoms with Gasteiger partial charge in [0.05, 0.1) is 18.0 Å². The monoisotopic (exact) mass is 500 g/mol. The molecule has 0 aliphatic carbocycles. The fourth-order valence-electron chi connectivity index (χ4n) is 3.70. The Morgan fingerprint density at radius 2 is 1.70 bits per heavy atom. The molecule has 6 heteroatoms. The minimum atomic E-state index is -1.35. The number of nitrogens with one attached hydrogen (secondary N) is 1. The second-order valence-corrected chi connectivity index (χ2v) is 9.58. The molecule has 6 nitrogen and oxygen atoms in total. The molecule has 2 aromatic carbocycles. The molecule has 1 amide bonds. The number of amides is 1. The lowest BCUT2D eigenvalue weighted by Gasteiger charge is -2.21. The van der Waals surface area contributed by atoms with Crippen molar-refractivity contribution in [1.82, 2.24) is 10.3 Å². The molecule has 194 valence electrons. The number of rotatable bonds is 13. The van der Waals surface area contributed by atoms with Crippen molar-refractivity contribution in [3.63, 3.8) is 0 Å². The number of nitrogens with zero attached hydrogens (tertiary/aromatic N) is 1. The molecule has 0 saturated heterocycles. The number of carbonyl (C=O) groups excluding carboxylic acids is 1. The number of unbranched alkanes of at least 4 members (excludes halogenated alkanes) is 1. The fraction of sp³-hybridized carbons (Fsp3) is 0.323. The Morgan fingerprint density at radius 1 is 0.973 bits per heavy atom. The molecule has 0 spiro atoms. The largest absolute Gasteiger partial charge is 0.480 e. The van der Waals surface area contributed by atoms with Gasteiger partial charge in [-0.25, -0.2) is 4.79 Å². The Hall–Kier alpha value is -3.77. The number of benzene rings is 2. The van der Waals surface area contributed by atoms with Crippen LogP contribution in [-0.2, 0) is 29.0 Å². The molecular formula is C31H36N2O4. The number of aromatic nitrogens is 1. The number of hydrogen-bond acceptors (Lipinski definition) is 4. The van der Waals surface area contributed by atoms with Crippen LogP contribution in [0, 0.1) is 0 Å². The second-order valence-electron chi connectivity index (χ2n) is 9.58. The highest BCUT2D eigenvalue weighted by molar-refractivity contribution is 5.98. The number of aryl methyl sites for hydroxylation is 2. The number of carboxylic acid groups (broad SMARTS) is 1. The highest BCUT2D eigenvalue weighted by atomic mass is 16.5. The van der Waals surface area contributed by atoms with Crippen LogP contribution in [0.4, 0.5) is 0 Å². The van der Waals surface area contributed by atoms with Crippen molar-refractivity contribution in [2.75, 3.05) is 6.61 Å². The number of pyridine rings is 1. The van der Waals surface area contributed by atoms with Crippen LogP contribution in [0.15, 0.2) is 66.7 Å². The number of aliphatic carboxylic acids is 1. The summed E-state index contributed by atoms with van der Waals surface area (Å²) in [5.41, 5.74) is 4.25. The van der Waals surface area contributed by atoms with Crippen LogP contribution in [0.5, 0.6) is 0 Å². The first-order valence-corrected chi connectivity index (χ1v) is 12.7. The summed E-state index contributed by atoms with van der Waals surface area (Å²) in [4.78, 5) is 28.4. The van der Waals surface area contributed by atoms with Gasteiger partial charge in [0.25, 0.3) is 5.91 Å². The summed E-state index contributed by atoms with van der Waals surface area (Å²) in [7, 11) is 0. The van der Waals surface area contributed by atoms with E-state index in [1.54, 1.807) is 18.2 Å². The molecule has 0 bridgehead atoms. The topological polar surface area (TPSA) is 88.5 Å². The highest BCUT2D eigenvalue weighted by Gasteiger charge is 2.29. The standard InChI is InChI=1S/C31H36N2O4/c1-4-23-14-16-24(17-15-23)9-5-6-20-37-22-28-13-8-12-27(32-28)19-18-25-10-7-11-26(21-25)29(34)33-31(2,3)30(35)36/h7-8,10-19,21H,4-6,9,20,22H2,1-3H3,(H,33,34)(H,35,36)/b19-18+. The van der Waals surface area contributed by atoms with Gasteiger partial charge in [-0.3, -0.25) is 9.78 Å². The van der Waals surface area contributed by atoms with E-state index in [1.807, 2.05) is 36.4 Å². The molecule has 0 aliphatic heterocycles. The Labute approximate surface area is 219 Å². The molecule has 0 aliphatic rings. The lowest BCUT2D eigenvalue weighted by molar-refractivity contribution is -0.143. The first-order valence-electron chi connectivity index (χ1n) is 12.7. The molecule has 1 heterocycles. The quantitative estimate of drug-likeness (QED) is 0.283. The maximum absolute atomic E-state index is 12.5. The van der Waals surface area contributed by atoms with E-state index in [2.05, 4.69) is 41.5 Å². The molecule has 2 N–H and O–H groups in total. The van der Waals surface area contributed by atoms with E-state index < -0.39 is 17.4 Å². The van der Waals surface area contributed by atoms with Gasteiger partial charge < -0.3 is 15.2 Å². The Bertz CT molecular complexity index is 1220. The van der Waals surface area contributed by atoms with Crippen molar-refractivity contribution in [2.24, 2.45) is 0 Å². The highest BCUT2D eigenvalue weighted by Crippen LogP contribution is 2.13. The number of carboxylic acids is 1. The van der Waals surface area contributed by atoms with E-state index in [0.29, 0.717) is 18.8 Å². The van der Waals surface area contributed by atoms with Crippen LogP contribution < -0.4 is 5.32 Å². The van der Waals surface area contributed by atoms with Gasteiger partial charge in [-0.15, -0.1) is 0 Å². The predicted molar refractivity (Wildman–Crippen MR) is 147 cm³/mol. The van der Waals surface area contributed by atoms with Gasteiger partial charge in [0.1, 0.15) is 5.54 Å². The minimum Gasteiger partial charge on any atom is -0.480 e. The summed E-state index contributed by atoms with van der Waals surface area (Å²) in [6, 6.07) is 21.7. The summed E-state index contributed by atoms with van der Waals surface area (Å²) in [6.07, 6.45) is 7.98. The van der Waals surface area contributed by atoms with Gasteiger partial charge in [0.15, 0.2) is 0 Å². The van der Waals surface area contributed by atoms with Crippen LogP contribution in [-0.4, -0.2) is 34.1 Å². The molecular weight excluding hydrogens is 464 g/mol. The van der Waals surface area contributed by atoms with E-state index in [9.17, 15) is 14.7 Å². The van der Waals surface area contributed by atoms with Crippen molar-refractivity contribution in [1.29, 1.82) is 0 Å². The van der Waals surface area contributed by atoms with Crippen LogP contribution in [0.1, 0.15) is 72.0 Å². The lowest BCUT2D eigenvalue weighted by atomic mass is 10.0. The molecule has 0 saturated carbocycles. The molecule has 3 rings (SSSR count).